The Balaban J connectivity index is 1.91. The predicted molar refractivity (Wildman–Crippen MR) is 178 cm³/mol. The van der Waals surface area contributed by atoms with Crippen molar-refractivity contribution < 1.29 is 19.2 Å². The maximum atomic E-state index is 13.9. The van der Waals surface area contributed by atoms with Crippen LogP contribution in [0.4, 0.5) is 0 Å². The minimum atomic E-state index is -0.965. The number of carbonyl (C=O) groups is 4. The van der Waals surface area contributed by atoms with Crippen molar-refractivity contribution in [3.8, 4) is 0 Å². The summed E-state index contributed by atoms with van der Waals surface area (Å²) in [7, 11) is 2.02. The van der Waals surface area contributed by atoms with Crippen LogP contribution in [0, 0.1) is 6.92 Å². The van der Waals surface area contributed by atoms with Crippen LogP contribution in [0.25, 0.3) is 0 Å². The molecule has 1 saturated heterocycles. The first kappa shape index (κ1) is 35.3. The summed E-state index contributed by atoms with van der Waals surface area (Å²) in [5, 5.41) is 12.0. The van der Waals surface area contributed by atoms with E-state index in [9.17, 15) is 19.2 Å². The second-order valence-corrected chi connectivity index (χ2v) is 11.5. The third kappa shape index (κ3) is 12.4. The summed E-state index contributed by atoms with van der Waals surface area (Å²) >= 11 is 0. The average Bonchev–Trinajstić information content (AvgIpc) is 3.02. The number of aliphatic imine (C=N–C) groups is 1. The Morgan fingerprint density at radius 2 is 1.40 bits per heavy atom. The number of Topliss-reactive ketones (excluding diaryl/α,β-unsaturated/α-hetero) is 1. The molecule has 3 rings (SSSR count). The summed E-state index contributed by atoms with van der Waals surface area (Å²) in [5.74, 6) is -1.41. The van der Waals surface area contributed by atoms with Crippen LogP contribution < -0.4 is 32.7 Å². The molecule has 3 amide bonds. The molecule has 0 bridgehead atoms. The molecule has 2 aromatic rings. The van der Waals surface area contributed by atoms with Crippen molar-refractivity contribution in [3.63, 3.8) is 0 Å². The van der Waals surface area contributed by atoms with Crippen molar-refractivity contribution in [2.45, 2.75) is 89.2 Å². The molecule has 0 spiro atoms. The molecular weight excluding hydrogens is 569 g/mol. The van der Waals surface area contributed by atoms with E-state index < -0.39 is 36.0 Å². The molecule has 241 valence electrons. The van der Waals surface area contributed by atoms with Crippen LogP contribution >= 0.6 is 0 Å². The van der Waals surface area contributed by atoms with E-state index in [1.165, 1.54) is 0 Å². The van der Waals surface area contributed by atoms with Crippen molar-refractivity contribution in [2.75, 3.05) is 13.1 Å². The molecular formula is C33H47BN7O4. The van der Waals surface area contributed by atoms with E-state index in [0.717, 1.165) is 16.7 Å². The maximum absolute atomic E-state index is 13.9. The molecule has 1 aliphatic rings. The number of aryl methyl sites for hydroxylation is 1. The Bertz CT molecular complexity index is 1290. The van der Waals surface area contributed by atoms with Crippen molar-refractivity contribution in [2.24, 2.45) is 16.5 Å². The number of amides is 3. The molecule has 11 nitrogen and oxygen atoms in total. The van der Waals surface area contributed by atoms with Gasteiger partial charge in [0.05, 0.1) is 12.1 Å². The van der Waals surface area contributed by atoms with Gasteiger partial charge in [-0.1, -0.05) is 79.7 Å². The first-order valence-corrected chi connectivity index (χ1v) is 15.8. The van der Waals surface area contributed by atoms with Gasteiger partial charge in [-0.15, -0.1) is 0 Å². The van der Waals surface area contributed by atoms with E-state index in [1.54, 1.807) is 0 Å². The molecule has 0 aromatic heterocycles. The fourth-order valence-electron chi connectivity index (χ4n) is 5.20. The molecule has 4 atom stereocenters. The zero-order chi connectivity index (χ0) is 32.6. The normalized spacial score (nSPS) is 22.3. The summed E-state index contributed by atoms with van der Waals surface area (Å²) in [6, 6.07) is 14.2. The van der Waals surface area contributed by atoms with Gasteiger partial charge >= 0.3 is 0 Å². The monoisotopic (exact) mass is 616 g/mol. The molecule has 0 aliphatic carbocycles. The Morgan fingerprint density at radius 1 is 0.800 bits per heavy atom. The lowest BCUT2D eigenvalue weighted by atomic mass is 9.69. The Hall–Kier alpha value is -4.19. The third-order valence-electron chi connectivity index (χ3n) is 7.82. The lowest BCUT2D eigenvalue weighted by Crippen LogP contribution is -2.58. The summed E-state index contributed by atoms with van der Waals surface area (Å²) in [4.78, 5) is 58.1. The molecule has 0 saturated carbocycles. The number of ketones is 1. The SMILES string of the molecule is CCC1NC(=O)C(CCCN=C(N)N)NC(=O)C(Cc2ccccc2)NC(=O)C(Cc2ccc(C)cc2)NCC[B]CCC1=O. The van der Waals surface area contributed by atoms with E-state index in [-0.39, 0.29) is 43.5 Å². The zero-order valence-corrected chi connectivity index (χ0v) is 26.4. The molecule has 1 fully saturated rings. The molecule has 12 heteroatoms. The minimum Gasteiger partial charge on any atom is -0.370 e. The minimum absolute atomic E-state index is 0.0646. The highest BCUT2D eigenvalue weighted by atomic mass is 16.2. The van der Waals surface area contributed by atoms with Gasteiger partial charge in [-0.05, 0) is 50.3 Å². The molecule has 45 heavy (non-hydrogen) atoms. The van der Waals surface area contributed by atoms with Gasteiger partial charge < -0.3 is 32.7 Å². The molecule has 1 aliphatic heterocycles. The van der Waals surface area contributed by atoms with Crippen LogP contribution in [-0.4, -0.2) is 74.0 Å². The highest BCUT2D eigenvalue weighted by Gasteiger charge is 2.31. The number of hydrogen-bond acceptors (Lipinski definition) is 6. The molecule has 8 N–H and O–H groups in total. The second-order valence-electron chi connectivity index (χ2n) is 11.5. The van der Waals surface area contributed by atoms with Crippen LogP contribution in [0.5, 0.6) is 0 Å². The van der Waals surface area contributed by atoms with Crippen LogP contribution in [0.1, 0.15) is 49.3 Å². The van der Waals surface area contributed by atoms with E-state index in [2.05, 4.69) is 26.3 Å². The van der Waals surface area contributed by atoms with E-state index in [4.69, 9.17) is 11.5 Å². The van der Waals surface area contributed by atoms with Crippen LogP contribution in [0.15, 0.2) is 59.6 Å². The summed E-state index contributed by atoms with van der Waals surface area (Å²) in [5.41, 5.74) is 13.9. The summed E-state index contributed by atoms with van der Waals surface area (Å²) < 4.78 is 0. The van der Waals surface area contributed by atoms with Gasteiger partial charge in [0.25, 0.3) is 0 Å². The quantitative estimate of drug-likeness (QED) is 0.106. The fraction of sp³-hybridized carbons (Fsp3) is 0.485. The number of hydrogen-bond donors (Lipinski definition) is 6. The zero-order valence-electron chi connectivity index (χ0n) is 26.4. The summed E-state index contributed by atoms with van der Waals surface area (Å²) in [6.45, 7) is 4.64. The van der Waals surface area contributed by atoms with Crippen molar-refractivity contribution in [1.82, 2.24) is 21.3 Å². The highest BCUT2D eigenvalue weighted by Crippen LogP contribution is 2.11. The van der Waals surface area contributed by atoms with Gasteiger partial charge in [-0.3, -0.25) is 24.2 Å². The number of nitrogens with two attached hydrogens (primary N) is 2. The smallest absolute Gasteiger partial charge is 0.243 e. The number of guanidine groups is 1. The van der Waals surface area contributed by atoms with Gasteiger partial charge in [-0.2, -0.15) is 0 Å². The largest absolute Gasteiger partial charge is 0.370 e. The van der Waals surface area contributed by atoms with Crippen LogP contribution in [-0.2, 0) is 32.0 Å². The van der Waals surface area contributed by atoms with Crippen molar-refractivity contribution in [1.29, 1.82) is 0 Å². The third-order valence-corrected chi connectivity index (χ3v) is 7.82. The van der Waals surface area contributed by atoms with E-state index in [1.807, 2.05) is 75.7 Å². The Morgan fingerprint density at radius 3 is 2.09 bits per heavy atom. The van der Waals surface area contributed by atoms with Gasteiger partial charge in [-0.25, -0.2) is 0 Å². The first-order chi connectivity index (χ1) is 21.7. The first-order valence-electron chi connectivity index (χ1n) is 15.8. The Labute approximate surface area is 267 Å². The predicted octanol–water partition coefficient (Wildman–Crippen LogP) is 1.17. The van der Waals surface area contributed by atoms with Crippen molar-refractivity contribution in [3.05, 3.63) is 71.3 Å². The van der Waals surface area contributed by atoms with Crippen LogP contribution in [0.2, 0.25) is 12.6 Å². The standard InChI is InChI=1S/C33H47BN7O4/c1-3-25-29(42)15-16-34-17-19-37-27(20-24-13-11-22(2)12-14-24)31(44)41-28(21-23-8-5-4-6-9-23)32(45)40-26(30(43)39-25)10-7-18-38-33(35)36/h4-6,8-9,11-14,25-28,37H,3,7,10,15-21H2,1-2H3,(H,39,43)(H,40,45)(H,41,44)(H4,35,36,38). The topological polar surface area (TPSA) is 181 Å². The number of benzene rings is 2. The van der Waals surface area contributed by atoms with Crippen molar-refractivity contribution >= 4 is 36.7 Å². The van der Waals surface area contributed by atoms with Gasteiger partial charge in [0.15, 0.2) is 11.7 Å². The second kappa shape index (κ2) is 18.6. The molecule has 2 aromatic carbocycles. The molecule has 1 radical (unpaired) electrons. The number of nitrogens with one attached hydrogen (secondary N) is 4. The van der Waals surface area contributed by atoms with Crippen LogP contribution in [0.3, 0.4) is 0 Å². The van der Waals surface area contributed by atoms with E-state index >= 15 is 0 Å². The lowest BCUT2D eigenvalue weighted by Gasteiger charge is -2.26. The highest BCUT2D eigenvalue weighted by molar-refractivity contribution is 6.36. The van der Waals surface area contributed by atoms with Gasteiger partial charge in [0.1, 0.15) is 19.4 Å². The summed E-state index contributed by atoms with van der Waals surface area (Å²) in [6.07, 6.45) is 3.21. The average molecular weight is 617 g/mol. The maximum Gasteiger partial charge on any atom is 0.243 e. The number of nitrogens with zero attached hydrogens (tertiary/aromatic N) is 1. The molecule has 1 heterocycles. The van der Waals surface area contributed by atoms with E-state index in [0.29, 0.717) is 38.4 Å². The fourth-order valence-corrected chi connectivity index (χ4v) is 5.20. The Kier molecular flexibility index (Phi) is 14.6. The van der Waals surface area contributed by atoms with Gasteiger partial charge in [0, 0.05) is 19.4 Å². The lowest BCUT2D eigenvalue weighted by molar-refractivity contribution is -0.133. The van der Waals surface area contributed by atoms with Gasteiger partial charge in [0.2, 0.25) is 17.7 Å². The molecule has 4 unspecified atom stereocenters. The number of rotatable bonds is 9. The number of carbonyl (C=O) groups excluding carboxylic acids is 4.